The molecule has 0 N–H and O–H groups in total. The number of fused-ring (bicyclic) bond motifs is 4. The maximum absolute atomic E-state index is 13.2. The first-order valence-electron chi connectivity index (χ1n) is 16.9. The van der Waals surface area contributed by atoms with Crippen molar-refractivity contribution in [1.82, 2.24) is 0 Å². The summed E-state index contributed by atoms with van der Waals surface area (Å²) in [6, 6.07) is 7.36. The average molecular weight is 563 g/mol. The fourth-order valence-electron chi connectivity index (χ4n) is 10.8. The molecule has 0 aliphatic heterocycles. The molecule has 0 saturated heterocycles. The van der Waals surface area contributed by atoms with Crippen molar-refractivity contribution >= 4 is 5.97 Å². The number of hydrogen-bond acceptors (Lipinski definition) is 3. The minimum absolute atomic E-state index is 0.0616. The third-order valence-electron chi connectivity index (χ3n) is 13.4. The zero-order valence-corrected chi connectivity index (χ0v) is 27.7. The lowest BCUT2D eigenvalue weighted by atomic mass is 9.43. The Hall–Kier alpha value is -1.77. The van der Waals surface area contributed by atoms with E-state index in [1.54, 1.807) is 13.2 Å². The van der Waals surface area contributed by atoms with E-state index in [2.05, 4.69) is 55.4 Å². The van der Waals surface area contributed by atoms with Crippen LogP contribution in [0.2, 0.25) is 0 Å². The Morgan fingerprint density at radius 3 is 2.39 bits per heavy atom. The maximum atomic E-state index is 13.2. The van der Waals surface area contributed by atoms with Crippen LogP contribution in [-0.4, -0.2) is 19.2 Å². The van der Waals surface area contributed by atoms with Crippen molar-refractivity contribution in [1.29, 1.82) is 0 Å². The van der Waals surface area contributed by atoms with Crippen LogP contribution in [0.3, 0.4) is 0 Å². The minimum atomic E-state index is -0.221. The Labute approximate surface area is 251 Å². The summed E-state index contributed by atoms with van der Waals surface area (Å²) in [4.78, 5) is 13.2. The van der Waals surface area contributed by atoms with Crippen molar-refractivity contribution in [3.05, 3.63) is 41.0 Å². The first kappa shape index (κ1) is 30.7. The highest BCUT2D eigenvalue weighted by Gasteiger charge is 2.63. The van der Waals surface area contributed by atoms with Gasteiger partial charge >= 0.3 is 5.97 Å². The highest BCUT2D eigenvalue weighted by atomic mass is 16.5. The Morgan fingerprint density at radius 1 is 0.927 bits per heavy atom. The summed E-state index contributed by atoms with van der Waals surface area (Å²) in [5.41, 5.74) is 5.15. The molecule has 0 spiro atoms. The summed E-state index contributed by atoms with van der Waals surface area (Å²) < 4.78 is 11.7. The topological polar surface area (TPSA) is 35.5 Å². The molecule has 1 unspecified atom stereocenters. The highest BCUT2D eigenvalue weighted by molar-refractivity contribution is 5.90. The Bertz CT molecular complexity index is 1160. The van der Waals surface area contributed by atoms with Crippen LogP contribution in [0.15, 0.2) is 35.4 Å². The van der Waals surface area contributed by atoms with Crippen molar-refractivity contribution in [3.8, 4) is 5.75 Å². The number of benzene rings is 1. The molecule has 3 nitrogen and oxygen atoms in total. The molecule has 228 valence electrons. The second-order valence-electron chi connectivity index (χ2n) is 16.1. The number of carbonyl (C=O) groups is 1. The Kier molecular flexibility index (Phi) is 8.27. The maximum Gasteiger partial charge on any atom is 0.338 e. The van der Waals surface area contributed by atoms with Crippen LogP contribution in [0.25, 0.3) is 0 Å². The molecule has 0 bridgehead atoms. The number of allylic oxidation sites excluding steroid dienone is 2. The van der Waals surface area contributed by atoms with Gasteiger partial charge in [0.2, 0.25) is 0 Å². The van der Waals surface area contributed by atoms with Gasteiger partial charge in [-0.1, -0.05) is 91.9 Å². The van der Waals surface area contributed by atoms with E-state index in [0.29, 0.717) is 28.1 Å². The number of methoxy groups -OCH3 is 1. The molecular formula is C38H58O3. The summed E-state index contributed by atoms with van der Waals surface area (Å²) in [6.07, 6.45) is 14.0. The molecule has 4 aliphatic rings. The van der Waals surface area contributed by atoms with E-state index in [4.69, 9.17) is 9.47 Å². The summed E-state index contributed by atoms with van der Waals surface area (Å²) >= 11 is 0. The van der Waals surface area contributed by atoms with Gasteiger partial charge in [-0.05, 0) is 109 Å². The largest absolute Gasteiger partial charge is 0.497 e. The monoisotopic (exact) mass is 562 g/mol. The van der Waals surface area contributed by atoms with Gasteiger partial charge in [-0.2, -0.15) is 0 Å². The van der Waals surface area contributed by atoms with Crippen LogP contribution in [0.1, 0.15) is 136 Å². The van der Waals surface area contributed by atoms with Gasteiger partial charge < -0.3 is 9.47 Å². The molecule has 2 fully saturated rings. The normalized spacial score (nSPS) is 36.8. The van der Waals surface area contributed by atoms with Gasteiger partial charge in [-0.15, -0.1) is 0 Å². The van der Waals surface area contributed by atoms with Crippen LogP contribution in [-0.2, 0) is 4.74 Å². The molecule has 0 radical (unpaired) electrons. The van der Waals surface area contributed by atoms with Crippen LogP contribution >= 0.6 is 0 Å². The number of hydrogen-bond donors (Lipinski definition) is 0. The van der Waals surface area contributed by atoms with E-state index in [0.717, 1.165) is 30.6 Å². The highest BCUT2D eigenvalue weighted by Crippen LogP contribution is 2.72. The molecular weight excluding hydrogens is 504 g/mol. The van der Waals surface area contributed by atoms with Gasteiger partial charge in [0.1, 0.15) is 11.9 Å². The third-order valence-corrected chi connectivity index (χ3v) is 13.4. The average Bonchev–Trinajstić information content (AvgIpc) is 3.21. The molecule has 4 aliphatic carbocycles. The van der Waals surface area contributed by atoms with E-state index >= 15 is 0 Å². The molecule has 3 heteroatoms. The summed E-state index contributed by atoms with van der Waals surface area (Å²) in [5, 5.41) is 0. The number of ether oxygens (including phenoxy) is 2. The van der Waals surface area contributed by atoms with Crippen molar-refractivity contribution in [2.75, 3.05) is 7.11 Å². The molecule has 0 amide bonds. The first-order chi connectivity index (χ1) is 19.3. The van der Waals surface area contributed by atoms with Gasteiger partial charge in [0.05, 0.1) is 12.7 Å². The van der Waals surface area contributed by atoms with Gasteiger partial charge in [0.25, 0.3) is 0 Å². The van der Waals surface area contributed by atoms with E-state index < -0.39 is 0 Å². The van der Waals surface area contributed by atoms with Gasteiger partial charge in [-0.25, -0.2) is 4.79 Å². The number of rotatable bonds is 8. The summed E-state index contributed by atoms with van der Waals surface area (Å²) in [7, 11) is 1.64. The quantitative estimate of drug-likeness (QED) is 0.233. The zero-order chi connectivity index (χ0) is 29.8. The summed E-state index contributed by atoms with van der Waals surface area (Å²) in [6.45, 7) is 20.0. The molecule has 1 aromatic carbocycles. The second-order valence-corrected chi connectivity index (χ2v) is 16.1. The lowest BCUT2D eigenvalue weighted by Crippen LogP contribution is -2.55. The van der Waals surface area contributed by atoms with E-state index in [1.807, 2.05) is 29.3 Å². The van der Waals surface area contributed by atoms with Crippen molar-refractivity contribution in [2.45, 2.75) is 132 Å². The lowest BCUT2D eigenvalue weighted by molar-refractivity contribution is -0.104. The molecule has 0 aromatic heterocycles. The lowest BCUT2D eigenvalue weighted by Gasteiger charge is -2.62. The molecule has 2 saturated carbocycles. The van der Waals surface area contributed by atoms with Crippen molar-refractivity contribution in [2.24, 2.45) is 45.3 Å². The predicted molar refractivity (Wildman–Crippen MR) is 169 cm³/mol. The second kappa shape index (κ2) is 11.1. The summed E-state index contributed by atoms with van der Waals surface area (Å²) in [5.74, 6) is 3.49. The molecule has 0 heterocycles. The number of carbonyl (C=O) groups excluding carboxylic acids is 1. The van der Waals surface area contributed by atoms with Crippen molar-refractivity contribution < 1.29 is 14.3 Å². The fourth-order valence-corrected chi connectivity index (χ4v) is 10.8. The van der Waals surface area contributed by atoms with E-state index in [1.165, 1.54) is 57.8 Å². The smallest absolute Gasteiger partial charge is 0.338 e. The van der Waals surface area contributed by atoms with Crippen LogP contribution in [0.5, 0.6) is 5.75 Å². The molecule has 5 rings (SSSR count). The predicted octanol–water partition coefficient (Wildman–Crippen LogP) is 10.4. The molecule has 1 aromatic rings. The first-order valence-corrected chi connectivity index (χ1v) is 16.9. The van der Waals surface area contributed by atoms with Crippen LogP contribution < -0.4 is 4.74 Å². The Balaban J connectivity index is 1.36. The van der Waals surface area contributed by atoms with Gasteiger partial charge in [0.15, 0.2) is 0 Å². The van der Waals surface area contributed by atoms with E-state index in [-0.39, 0.29) is 22.9 Å². The number of esters is 1. The van der Waals surface area contributed by atoms with Crippen LogP contribution in [0, 0.1) is 45.3 Å². The standard InChI is InChI=1S/C38H58O3/c1-25(2)12-10-13-26(3)29-18-22-38(8)31-16-17-32-35(4,5)33(41-34(39)27-14-11-15-28(24-27)40-9)20-21-36(32,6)30(31)19-23-37(29,38)7/h11,14-15,24-26,29,32-33H,10,12-13,16-23H2,1-9H3/t26-,29-,32?,33+,36-,37-,38+/m1/s1. The van der Waals surface area contributed by atoms with Gasteiger partial charge in [0, 0.05) is 5.41 Å². The van der Waals surface area contributed by atoms with Crippen LogP contribution in [0.4, 0.5) is 0 Å². The van der Waals surface area contributed by atoms with Gasteiger partial charge in [-0.3, -0.25) is 0 Å². The molecule has 7 atom stereocenters. The zero-order valence-electron chi connectivity index (χ0n) is 27.7. The SMILES string of the molecule is COc1cccc(C(=O)O[C@H]2CC[C@]3(C)C4=C(CCC3C2(C)C)[C@]2(C)CC[C@H]([C@H](C)CCCC(C)C)[C@@]2(C)CC4)c1. The Morgan fingerprint density at radius 2 is 1.68 bits per heavy atom. The molecule has 41 heavy (non-hydrogen) atoms. The third kappa shape index (κ3) is 5.00. The van der Waals surface area contributed by atoms with E-state index in [9.17, 15) is 4.79 Å². The fraction of sp³-hybridized carbons (Fsp3) is 0.763. The minimum Gasteiger partial charge on any atom is -0.497 e. The van der Waals surface area contributed by atoms with Crippen molar-refractivity contribution in [3.63, 3.8) is 0 Å².